The summed E-state index contributed by atoms with van der Waals surface area (Å²) in [6.45, 7) is 5.78. The Labute approximate surface area is 96.0 Å². The van der Waals surface area contributed by atoms with Gasteiger partial charge in [-0.05, 0) is 31.0 Å². The average molecular weight is 223 g/mol. The Hall–Kier alpha value is -0.920. The number of nitrogens with zero attached hydrogens (tertiary/aromatic N) is 2. The Morgan fingerprint density at radius 1 is 1.40 bits per heavy atom. The molecule has 0 aromatic rings. The van der Waals surface area contributed by atoms with E-state index < -0.39 is 0 Å². The van der Waals surface area contributed by atoms with Crippen LogP contribution in [0.1, 0.15) is 6.92 Å². The Kier molecular flexibility index (Phi) is 4.73. The number of terminal acetylenes is 1. The smallest absolute Gasteiger partial charge is 0.135 e. The molecule has 0 aromatic heterocycles. The van der Waals surface area contributed by atoms with Crippen LogP contribution in [-0.4, -0.2) is 48.9 Å². The largest absolute Gasteiger partial charge is 0.354 e. The highest BCUT2D eigenvalue weighted by Gasteiger charge is 2.18. The van der Waals surface area contributed by atoms with E-state index in [9.17, 15) is 0 Å². The number of nitrogens with one attached hydrogen (secondary N) is 1. The van der Waals surface area contributed by atoms with E-state index in [0.29, 0.717) is 5.84 Å². The molecule has 0 unspecified atom stereocenters. The minimum absolute atomic E-state index is 0.563. The number of hydrogen-bond acceptors (Lipinski definition) is 3. The van der Waals surface area contributed by atoms with Gasteiger partial charge in [-0.2, -0.15) is 0 Å². The van der Waals surface area contributed by atoms with Crippen LogP contribution < -0.4 is 0 Å². The molecule has 0 atom stereocenters. The fraction of sp³-hybridized carbons (Fsp3) is 0.545. The van der Waals surface area contributed by atoms with Crippen molar-refractivity contribution in [2.24, 2.45) is 0 Å². The minimum Gasteiger partial charge on any atom is -0.354 e. The standard InChI is InChI=1S/C11H17N3S/c1-4-10(15-5-2)11(12)14-8-6-13(3)7-9-14/h2,4,12H,6-9H2,1,3H3/b10-4-,12-11?. The monoisotopic (exact) mass is 223 g/mol. The molecular formula is C11H17N3S. The lowest BCUT2D eigenvalue weighted by molar-refractivity contribution is 0.215. The van der Waals surface area contributed by atoms with Gasteiger partial charge in [0, 0.05) is 26.2 Å². The van der Waals surface area contributed by atoms with Crippen molar-refractivity contribution >= 4 is 17.6 Å². The highest BCUT2D eigenvalue weighted by atomic mass is 32.2. The zero-order chi connectivity index (χ0) is 11.3. The summed E-state index contributed by atoms with van der Waals surface area (Å²) in [6.07, 6.45) is 7.15. The van der Waals surface area contributed by atoms with Gasteiger partial charge in [0.2, 0.25) is 0 Å². The van der Waals surface area contributed by atoms with Gasteiger partial charge in [-0.3, -0.25) is 5.41 Å². The molecule has 0 amide bonds. The number of piperazine rings is 1. The molecule has 3 nitrogen and oxygen atoms in total. The van der Waals surface area contributed by atoms with Crippen molar-refractivity contribution in [1.29, 1.82) is 5.41 Å². The molecule has 4 heteroatoms. The SMILES string of the molecule is C#CS/C(=C\C)C(=N)N1CCN(C)CC1. The molecule has 0 radical (unpaired) electrons. The lowest BCUT2D eigenvalue weighted by Gasteiger charge is -2.34. The van der Waals surface area contributed by atoms with Crippen molar-refractivity contribution in [2.45, 2.75) is 6.92 Å². The van der Waals surface area contributed by atoms with Crippen molar-refractivity contribution in [3.63, 3.8) is 0 Å². The Morgan fingerprint density at radius 3 is 2.47 bits per heavy atom. The molecule has 1 aliphatic heterocycles. The van der Waals surface area contributed by atoms with Crippen LogP contribution in [0.3, 0.4) is 0 Å². The van der Waals surface area contributed by atoms with E-state index in [-0.39, 0.29) is 0 Å². The van der Waals surface area contributed by atoms with E-state index in [0.717, 1.165) is 31.1 Å². The molecule has 1 heterocycles. The minimum atomic E-state index is 0.563. The number of hydrogen-bond donors (Lipinski definition) is 1. The van der Waals surface area contributed by atoms with Crippen LogP contribution in [0.25, 0.3) is 0 Å². The molecule has 1 rings (SSSR count). The molecule has 0 spiro atoms. The van der Waals surface area contributed by atoms with Gasteiger partial charge in [0.1, 0.15) is 5.84 Å². The van der Waals surface area contributed by atoms with E-state index in [2.05, 4.69) is 22.1 Å². The number of rotatable bonds is 2. The Balaban J connectivity index is 2.57. The third kappa shape index (κ3) is 3.29. The maximum atomic E-state index is 8.03. The number of likely N-dealkylation sites (N-methyl/N-ethyl adjacent to an activating group) is 1. The summed E-state index contributed by atoms with van der Waals surface area (Å²) in [7, 11) is 2.10. The van der Waals surface area contributed by atoms with Crippen LogP contribution in [0.5, 0.6) is 0 Å². The van der Waals surface area contributed by atoms with Crippen molar-refractivity contribution in [2.75, 3.05) is 33.2 Å². The van der Waals surface area contributed by atoms with Gasteiger partial charge in [0.15, 0.2) is 0 Å². The molecule has 0 aliphatic carbocycles. The van der Waals surface area contributed by atoms with Gasteiger partial charge in [0.05, 0.1) is 4.91 Å². The van der Waals surface area contributed by atoms with E-state index in [1.165, 1.54) is 11.8 Å². The summed E-state index contributed by atoms with van der Waals surface area (Å²) in [4.78, 5) is 5.23. The van der Waals surface area contributed by atoms with Crippen molar-refractivity contribution in [3.8, 4) is 11.7 Å². The zero-order valence-electron chi connectivity index (χ0n) is 9.29. The first-order chi connectivity index (χ1) is 7.19. The molecule has 0 aromatic carbocycles. The van der Waals surface area contributed by atoms with Crippen LogP contribution in [0, 0.1) is 17.1 Å². The van der Waals surface area contributed by atoms with Crippen molar-refractivity contribution in [3.05, 3.63) is 11.0 Å². The number of amidine groups is 1. The van der Waals surface area contributed by atoms with E-state index in [4.69, 9.17) is 11.8 Å². The Bertz CT molecular complexity index is 295. The molecule has 1 N–H and O–H groups in total. The van der Waals surface area contributed by atoms with Crippen molar-refractivity contribution < 1.29 is 0 Å². The molecule has 1 aliphatic rings. The Morgan fingerprint density at radius 2 is 2.00 bits per heavy atom. The lowest BCUT2D eigenvalue weighted by Crippen LogP contribution is -2.47. The van der Waals surface area contributed by atoms with Gasteiger partial charge in [-0.25, -0.2) is 0 Å². The van der Waals surface area contributed by atoms with Crippen LogP contribution in [-0.2, 0) is 0 Å². The third-order valence-corrected chi connectivity index (χ3v) is 3.25. The lowest BCUT2D eigenvalue weighted by atomic mass is 10.3. The summed E-state index contributed by atoms with van der Waals surface area (Å²) in [5.41, 5.74) is 0. The number of allylic oxidation sites excluding steroid dienone is 1. The van der Waals surface area contributed by atoms with E-state index >= 15 is 0 Å². The summed E-state index contributed by atoms with van der Waals surface area (Å²) in [5.74, 6) is 0.563. The maximum Gasteiger partial charge on any atom is 0.135 e. The second-order valence-corrected chi connectivity index (χ2v) is 4.39. The molecule has 82 valence electrons. The first-order valence-electron chi connectivity index (χ1n) is 5.00. The molecular weight excluding hydrogens is 206 g/mol. The second kappa shape index (κ2) is 5.84. The van der Waals surface area contributed by atoms with Crippen molar-refractivity contribution in [1.82, 2.24) is 9.80 Å². The molecule has 1 fully saturated rings. The van der Waals surface area contributed by atoms with Crippen LogP contribution in [0.2, 0.25) is 0 Å². The van der Waals surface area contributed by atoms with Crippen LogP contribution in [0.15, 0.2) is 11.0 Å². The maximum absolute atomic E-state index is 8.03. The van der Waals surface area contributed by atoms with Crippen LogP contribution >= 0.6 is 11.8 Å². The molecule has 1 saturated heterocycles. The predicted molar refractivity (Wildman–Crippen MR) is 67.0 cm³/mol. The average Bonchev–Trinajstić information content (AvgIpc) is 2.26. The van der Waals surface area contributed by atoms with E-state index in [1.54, 1.807) is 0 Å². The fourth-order valence-corrected chi connectivity index (χ4v) is 1.96. The third-order valence-electron chi connectivity index (χ3n) is 2.48. The van der Waals surface area contributed by atoms with Gasteiger partial charge < -0.3 is 9.80 Å². The van der Waals surface area contributed by atoms with Gasteiger partial charge >= 0.3 is 0 Å². The highest BCUT2D eigenvalue weighted by Crippen LogP contribution is 2.17. The summed E-state index contributed by atoms with van der Waals surface area (Å²) in [6, 6.07) is 0. The normalized spacial score (nSPS) is 18.7. The highest BCUT2D eigenvalue weighted by molar-refractivity contribution is 8.08. The number of thioether (sulfide) groups is 1. The molecule has 15 heavy (non-hydrogen) atoms. The van der Waals surface area contributed by atoms with Gasteiger partial charge in [0.25, 0.3) is 0 Å². The van der Waals surface area contributed by atoms with Gasteiger partial charge in [-0.1, -0.05) is 6.08 Å². The topological polar surface area (TPSA) is 30.3 Å². The fourth-order valence-electron chi connectivity index (χ4n) is 1.49. The summed E-state index contributed by atoms with van der Waals surface area (Å²) < 4.78 is 0. The van der Waals surface area contributed by atoms with E-state index in [1.807, 2.05) is 13.0 Å². The first-order valence-corrected chi connectivity index (χ1v) is 5.82. The molecule has 0 saturated carbocycles. The quantitative estimate of drug-likeness (QED) is 0.436. The summed E-state index contributed by atoms with van der Waals surface area (Å²) >= 11 is 1.29. The van der Waals surface area contributed by atoms with Gasteiger partial charge in [-0.15, -0.1) is 6.42 Å². The first kappa shape index (κ1) is 12.2. The molecule has 0 bridgehead atoms. The second-order valence-electron chi connectivity index (χ2n) is 3.51. The predicted octanol–water partition coefficient (Wildman–Crippen LogP) is 1.44. The zero-order valence-corrected chi connectivity index (χ0v) is 10.1. The summed E-state index contributed by atoms with van der Waals surface area (Å²) in [5, 5.41) is 10.6. The van der Waals surface area contributed by atoms with Crippen LogP contribution in [0.4, 0.5) is 0 Å².